The van der Waals surface area contributed by atoms with Crippen molar-refractivity contribution in [1.29, 1.82) is 0 Å². The fraction of sp³-hybridized carbons (Fsp3) is 0.0556. The van der Waals surface area contributed by atoms with Gasteiger partial charge in [-0.3, -0.25) is 14.1 Å². The van der Waals surface area contributed by atoms with E-state index in [1.54, 1.807) is 6.08 Å². The van der Waals surface area contributed by atoms with Crippen LogP contribution in [0, 0.1) is 0 Å². The van der Waals surface area contributed by atoms with Gasteiger partial charge in [-0.1, -0.05) is 36.4 Å². The quantitative estimate of drug-likeness (QED) is 0.583. The van der Waals surface area contributed by atoms with E-state index in [-0.39, 0.29) is 11.6 Å². The largest absolute Gasteiger partial charge is 0.328 e. The first-order valence-corrected chi connectivity index (χ1v) is 7.48. The number of hydrogen-bond donors (Lipinski definition) is 1. The lowest BCUT2D eigenvalue weighted by Gasteiger charge is -2.02. The van der Waals surface area contributed by atoms with Crippen molar-refractivity contribution in [3.8, 4) is 11.3 Å². The number of hydrogen-bond acceptors (Lipinski definition) is 3. The number of nitrogens with one attached hydrogen (secondary N) is 1. The molecule has 0 atom stereocenters. The second-order valence-corrected chi connectivity index (χ2v) is 5.49. The average Bonchev–Trinajstić information content (AvgIpc) is 3.09. The number of imidazole rings is 1. The summed E-state index contributed by atoms with van der Waals surface area (Å²) in [6.07, 6.45) is 3.55. The second-order valence-electron chi connectivity index (χ2n) is 5.49. The van der Waals surface area contributed by atoms with Crippen LogP contribution in [0.15, 0.2) is 60.4 Å². The van der Waals surface area contributed by atoms with Crippen molar-refractivity contribution in [2.24, 2.45) is 0 Å². The second kappa shape index (κ2) is 5.34. The van der Waals surface area contributed by atoms with Gasteiger partial charge in [0.1, 0.15) is 11.3 Å². The van der Waals surface area contributed by atoms with Crippen LogP contribution in [0.4, 0.5) is 4.79 Å². The number of rotatable bonds is 2. The van der Waals surface area contributed by atoms with Crippen LogP contribution >= 0.6 is 0 Å². The standard InChI is InChI=1S/C18H14N4O2/c1-21-17(23)13(19-18(21)24)11-14-16(12-7-3-2-4-8-12)20-15-9-5-6-10-22(14)15/h2-11H,1H3,(H,19,24)/b13-11-. The van der Waals surface area contributed by atoms with Crippen LogP contribution in [0.1, 0.15) is 5.69 Å². The molecule has 1 saturated heterocycles. The molecule has 1 fully saturated rings. The van der Waals surface area contributed by atoms with E-state index in [0.717, 1.165) is 27.5 Å². The zero-order valence-electron chi connectivity index (χ0n) is 12.9. The highest BCUT2D eigenvalue weighted by molar-refractivity contribution is 6.13. The first-order valence-electron chi connectivity index (χ1n) is 7.48. The number of urea groups is 1. The maximum atomic E-state index is 12.2. The third-order valence-corrected chi connectivity index (χ3v) is 3.98. The van der Waals surface area contributed by atoms with Crippen LogP contribution < -0.4 is 5.32 Å². The zero-order chi connectivity index (χ0) is 16.7. The van der Waals surface area contributed by atoms with Gasteiger partial charge in [-0.15, -0.1) is 0 Å². The van der Waals surface area contributed by atoms with Gasteiger partial charge in [0.2, 0.25) is 0 Å². The summed E-state index contributed by atoms with van der Waals surface area (Å²) in [5.41, 5.74) is 3.46. The van der Waals surface area contributed by atoms with Gasteiger partial charge in [0.15, 0.2) is 0 Å². The Morgan fingerprint density at radius 3 is 2.50 bits per heavy atom. The Labute approximate surface area is 138 Å². The molecule has 3 aromatic rings. The molecule has 4 rings (SSSR count). The van der Waals surface area contributed by atoms with Gasteiger partial charge < -0.3 is 5.32 Å². The summed E-state index contributed by atoms with van der Waals surface area (Å²) in [6, 6.07) is 15.0. The predicted molar refractivity (Wildman–Crippen MR) is 89.9 cm³/mol. The summed E-state index contributed by atoms with van der Waals surface area (Å²) in [6.45, 7) is 0. The number of nitrogens with zero attached hydrogens (tertiary/aromatic N) is 3. The van der Waals surface area contributed by atoms with Crippen molar-refractivity contribution in [2.75, 3.05) is 7.05 Å². The fourth-order valence-electron chi connectivity index (χ4n) is 2.72. The van der Waals surface area contributed by atoms with E-state index in [9.17, 15) is 9.59 Å². The summed E-state index contributed by atoms with van der Waals surface area (Å²) in [4.78, 5) is 29.6. The average molecular weight is 318 g/mol. The predicted octanol–water partition coefficient (Wildman–Crippen LogP) is 2.52. The summed E-state index contributed by atoms with van der Waals surface area (Å²) >= 11 is 0. The number of carbonyl (C=O) groups excluding carboxylic acids is 2. The lowest BCUT2D eigenvalue weighted by Crippen LogP contribution is -2.25. The fourth-order valence-corrected chi connectivity index (χ4v) is 2.72. The Morgan fingerprint density at radius 1 is 1.04 bits per heavy atom. The van der Waals surface area contributed by atoms with Crippen LogP contribution in [-0.2, 0) is 4.79 Å². The molecule has 1 aliphatic heterocycles. The molecule has 24 heavy (non-hydrogen) atoms. The summed E-state index contributed by atoms with van der Waals surface area (Å²) in [5.74, 6) is -0.357. The Hall–Kier alpha value is -3.41. The monoisotopic (exact) mass is 318 g/mol. The number of aromatic nitrogens is 2. The molecule has 0 unspecified atom stereocenters. The molecule has 1 aromatic carbocycles. The van der Waals surface area contributed by atoms with Crippen LogP contribution in [0.2, 0.25) is 0 Å². The van der Waals surface area contributed by atoms with E-state index < -0.39 is 6.03 Å². The molecule has 118 valence electrons. The van der Waals surface area contributed by atoms with E-state index in [2.05, 4.69) is 10.3 Å². The maximum Gasteiger partial charge on any atom is 0.328 e. The molecule has 0 spiro atoms. The smallest absolute Gasteiger partial charge is 0.303 e. The van der Waals surface area contributed by atoms with Crippen LogP contribution in [0.25, 0.3) is 23.0 Å². The molecule has 2 aromatic heterocycles. The summed E-state index contributed by atoms with van der Waals surface area (Å²) in [5, 5.41) is 2.59. The molecule has 6 nitrogen and oxygen atoms in total. The minimum atomic E-state index is -0.429. The van der Waals surface area contributed by atoms with E-state index in [4.69, 9.17) is 0 Å². The van der Waals surface area contributed by atoms with Crippen molar-refractivity contribution >= 4 is 23.7 Å². The van der Waals surface area contributed by atoms with E-state index in [1.807, 2.05) is 59.1 Å². The minimum Gasteiger partial charge on any atom is -0.303 e. The molecular weight excluding hydrogens is 304 g/mol. The minimum absolute atomic E-state index is 0.241. The number of likely N-dealkylation sites (N-methyl/N-ethyl adjacent to an activating group) is 1. The zero-order valence-corrected chi connectivity index (χ0v) is 12.9. The van der Waals surface area contributed by atoms with Crippen molar-refractivity contribution in [3.05, 3.63) is 66.1 Å². The number of carbonyl (C=O) groups is 2. The Kier molecular flexibility index (Phi) is 3.16. The molecule has 0 aliphatic carbocycles. The number of amides is 3. The van der Waals surface area contributed by atoms with Gasteiger partial charge in [-0.2, -0.15) is 0 Å². The summed E-state index contributed by atoms with van der Waals surface area (Å²) in [7, 11) is 1.45. The molecule has 0 saturated carbocycles. The first-order chi connectivity index (χ1) is 11.6. The lowest BCUT2D eigenvalue weighted by molar-refractivity contribution is -0.121. The number of pyridine rings is 1. The summed E-state index contributed by atoms with van der Waals surface area (Å²) < 4.78 is 1.90. The molecule has 3 amide bonds. The van der Waals surface area contributed by atoms with Gasteiger partial charge in [0.05, 0.1) is 11.4 Å². The molecule has 6 heteroatoms. The Morgan fingerprint density at radius 2 is 1.79 bits per heavy atom. The normalized spacial score (nSPS) is 16.2. The van der Waals surface area contributed by atoms with Crippen LogP contribution in [0.3, 0.4) is 0 Å². The van der Waals surface area contributed by atoms with Crippen molar-refractivity contribution in [1.82, 2.24) is 19.6 Å². The molecule has 3 heterocycles. The third kappa shape index (κ3) is 2.16. The van der Waals surface area contributed by atoms with Crippen molar-refractivity contribution in [2.45, 2.75) is 0 Å². The number of imide groups is 1. The van der Waals surface area contributed by atoms with Crippen LogP contribution in [-0.4, -0.2) is 33.3 Å². The highest BCUT2D eigenvalue weighted by Crippen LogP contribution is 2.26. The Balaban J connectivity index is 1.94. The van der Waals surface area contributed by atoms with Crippen molar-refractivity contribution in [3.63, 3.8) is 0 Å². The van der Waals surface area contributed by atoms with Gasteiger partial charge >= 0.3 is 6.03 Å². The van der Waals surface area contributed by atoms with E-state index in [1.165, 1.54) is 7.05 Å². The van der Waals surface area contributed by atoms with Gasteiger partial charge in [0.25, 0.3) is 5.91 Å². The van der Waals surface area contributed by atoms with Gasteiger partial charge in [-0.25, -0.2) is 9.78 Å². The molecule has 1 N–H and O–H groups in total. The molecule has 0 bridgehead atoms. The SMILES string of the molecule is CN1C(=O)N/C(=C\c2c(-c3ccccc3)nc3ccccn23)C1=O. The topological polar surface area (TPSA) is 66.7 Å². The van der Waals surface area contributed by atoms with E-state index >= 15 is 0 Å². The third-order valence-electron chi connectivity index (χ3n) is 3.98. The lowest BCUT2D eigenvalue weighted by atomic mass is 10.1. The number of benzene rings is 1. The number of fused-ring (bicyclic) bond motifs is 1. The van der Waals surface area contributed by atoms with Gasteiger partial charge in [-0.05, 0) is 18.2 Å². The highest BCUT2D eigenvalue weighted by Gasteiger charge is 2.30. The van der Waals surface area contributed by atoms with Crippen LogP contribution in [0.5, 0.6) is 0 Å². The molecular formula is C18H14N4O2. The molecule has 1 aliphatic rings. The van der Waals surface area contributed by atoms with E-state index in [0.29, 0.717) is 0 Å². The van der Waals surface area contributed by atoms with Crippen molar-refractivity contribution < 1.29 is 9.59 Å². The highest BCUT2D eigenvalue weighted by atomic mass is 16.2. The first kappa shape index (κ1) is 14.2. The molecule has 0 radical (unpaired) electrons. The maximum absolute atomic E-state index is 12.2. The van der Waals surface area contributed by atoms with Gasteiger partial charge in [0, 0.05) is 18.8 Å². The Bertz CT molecular complexity index is 989.